The second kappa shape index (κ2) is 5.65. The molecular formula is C11H12N4O2S. The van der Waals surface area contributed by atoms with Gasteiger partial charge in [0.2, 0.25) is 5.01 Å². The smallest absolute Gasteiger partial charge is 0.282 e. The molecule has 0 spiro atoms. The molecule has 2 heterocycles. The van der Waals surface area contributed by atoms with Crippen molar-refractivity contribution < 1.29 is 9.90 Å². The second-order valence-corrected chi connectivity index (χ2v) is 4.77. The predicted molar refractivity (Wildman–Crippen MR) is 66.0 cm³/mol. The molecule has 0 unspecified atom stereocenters. The number of aryl methyl sites for hydroxylation is 1. The number of nitrogens with zero attached hydrogens (tertiary/aromatic N) is 3. The van der Waals surface area contributed by atoms with Crippen molar-refractivity contribution in [2.45, 2.75) is 20.1 Å². The van der Waals surface area contributed by atoms with E-state index < -0.39 is 0 Å². The average molecular weight is 264 g/mol. The van der Waals surface area contributed by atoms with Crippen molar-refractivity contribution in [2.75, 3.05) is 0 Å². The number of pyridine rings is 1. The van der Waals surface area contributed by atoms with Crippen molar-refractivity contribution in [3.05, 3.63) is 39.6 Å². The summed E-state index contributed by atoms with van der Waals surface area (Å²) in [4.78, 5) is 15.9. The van der Waals surface area contributed by atoms with Crippen LogP contribution < -0.4 is 5.32 Å². The maximum Gasteiger partial charge on any atom is 0.282 e. The lowest BCUT2D eigenvalue weighted by Crippen LogP contribution is -2.23. The monoisotopic (exact) mass is 264 g/mol. The third kappa shape index (κ3) is 3.08. The molecule has 18 heavy (non-hydrogen) atoms. The normalized spacial score (nSPS) is 10.3. The van der Waals surface area contributed by atoms with Crippen LogP contribution >= 0.6 is 11.3 Å². The van der Waals surface area contributed by atoms with Gasteiger partial charge < -0.3 is 10.4 Å². The summed E-state index contributed by atoms with van der Waals surface area (Å²) in [6.45, 7) is 1.98. The van der Waals surface area contributed by atoms with E-state index >= 15 is 0 Å². The minimum absolute atomic E-state index is 0.114. The summed E-state index contributed by atoms with van der Waals surface area (Å²) in [7, 11) is 0. The molecule has 0 aliphatic carbocycles. The summed E-state index contributed by atoms with van der Waals surface area (Å²) in [5.74, 6) is -0.267. The molecule has 0 saturated carbocycles. The molecule has 0 radical (unpaired) electrons. The number of hydrogen-bond donors (Lipinski definition) is 2. The molecule has 1 amide bonds. The SMILES string of the molecule is Cc1nnc(C(=O)NCc2cccc(CO)n2)s1. The maximum atomic E-state index is 11.7. The van der Waals surface area contributed by atoms with Gasteiger partial charge in [0.15, 0.2) is 0 Å². The van der Waals surface area contributed by atoms with Crippen molar-refractivity contribution in [1.29, 1.82) is 0 Å². The van der Waals surface area contributed by atoms with Gasteiger partial charge in [-0.05, 0) is 19.1 Å². The summed E-state index contributed by atoms with van der Waals surface area (Å²) in [6.07, 6.45) is 0. The van der Waals surface area contributed by atoms with Crippen molar-refractivity contribution >= 4 is 17.2 Å². The van der Waals surface area contributed by atoms with Gasteiger partial charge in [0.1, 0.15) is 5.01 Å². The van der Waals surface area contributed by atoms with E-state index in [1.54, 1.807) is 25.1 Å². The summed E-state index contributed by atoms with van der Waals surface area (Å²) < 4.78 is 0. The third-order valence-corrected chi connectivity index (χ3v) is 3.01. The highest BCUT2D eigenvalue weighted by atomic mass is 32.1. The summed E-state index contributed by atoms with van der Waals surface area (Å²) in [6, 6.07) is 5.29. The number of amides is 1. The second-order valence-electron chi connectivity index (χ2n) is 3.59. The number of aliphatic hydroxyl groups is 1. The summed E-state index contributed by atoms with van der Waals surface area (Å²) in [5.41, 5.74) is 1.27. The molecule has 2 N–H and O–H groups in total. The molecule has 0 aliphatic rings. The standard InChI is InChI=1S/C11H12N4O2S/c1-7-14-15-11(18-7)10(17)12-5-8-3-2-4-9(6-16)13-8/h2-4,16H,5-6H2,1H3,(H,12,17). The number of aromatic nitrogens is 3. The molecule has 0 aromatic carbocycles. The maximum absolute atomic E-state index is 11.7. The lowest BCUT2D eigenvalue weighted by Gasteiger charge is -2.03. The van der Waals surface area contributed by atoms with Gasteiger partial charge in [-0.3, -0.25) is 9.78 Å². The lowest BCUT2D eigenvalue weighted by molar-refractivity contribution is 0.0949. The van der Waals surface area contributed by atoms with Crippen molar-refractivity contribution in [3.63, 3.8) is 0 Å². The van der Waals surface area contributed by atoms with Crippen molar-refractivity contribution in [1.82, 2.24) is 20.5 Å². The molecule has 0 aliphatic heterocycles. The predicted octanol–water partition coefficient (Wildman–Crippen LogP) is 0.664. The van der Waals surface area contributed by atoms with Gasteiger partial charge in [0.25, 0.3) is 5.91 Å². The Bertz CT molecular complexity index is 555. The number of aliphatic hydroxyl groups excluding tert-OH is 1. The average Bonchev–Trinajstić information content (AvgIpc) is 2.83. The molecule has 2 rings (SSSR count). The minimum atomic E-state index is -0.267. The zero-order valence-electron chi connectivity index (χ0n) is 9.75. The number of carbonyl (C=O) groups is 1. The van der Waals surface area contributed by atoms with Gasteiger partial charge in [0, 0.05) is 0 Å². The van der Waals surface area contributed by atoms with E-state index in [0.29, 0.717) is 22.9 Å². The molecule has 2 aromatic rings. The van der Waals surface area contributed by atoms with E-state index in [1.165, 1.54) is 11.3 Å². The van der Waals surface area contributed by atoms with Crippen LogP contribution in [-0.4, -0.2) is 26.2 Å². The number of hydrogen-bond acceptors (Lipinski definition) is 6. The molecule has 0 bridgehead atoms. The van der Waals surface area contributed by atoms with Gasteiger partial charge in [-0.15, -0.1) is 10.2 Å². The molecule has 2 aromatic heterocycles. The Morgan fingerprint density at radius 3 is 2.83 bits per heavy atom. The van der Waals surface area contributed by atoms with Crippen LogP contribution in [0.25, 0.3) is 0 Å². The quantitative estimate of drug-likeness (QED) is 0.847. The largest absolute Gasteiger partial charge is 0.390 e. The van der Waals surface area contributed by atoms with E-state index in [4.69, 9.17) is 5.11 Å². The summed E-state index contributed by atoms with van der Waals surface area (Å²) >= 11 is 1.24. The Labute approximate surface area is 108 Å². The highest BCUT2D eigenvalue weighted by molar-refractivity contribution is 7.13. The van der Waals surface area contributed by atoms with E-state index in [0.717, 1.165) is 5.01 Å². The first-order chi connectivity index (χ1) is 8.69. The molecule has 0 saturated heterocycles. The van der Waals surface area contributed by atoms with Gasteiger partial charge in [-0.2, -0.15) is 0 Å². The molecule has 94 valence electrons. The van der Waals surface area contributed by atoms with Crippen LogP contribution in [0.4, 0.5) is 0 Å². The van der Waals surface area contributed by atoms with E-state index in [1.807, 2.05) is 0 Å². The summed E-state index contributed by atoms with van der Waals surface area (Å²) in [5, 5.41) is 20.3. The van der Waals surface area contributed by atoms with Crippen LogP contribution in [0.3, 0.4) is 0 Å². The van der Waals surface area contributed by atoms with Crippen LogP contribution in [0.1, 0.15) is 26.2 Å². The van der Waals surface area contributed by atoms with E-state index in [-0.39, 0.29) is 12.5 Å². The van der Waals surface area contributed by atoms with Crippen LogP contribution in [-0.2, 0) is 13.2 Å². The van der Waals surface area contributed by atoms with Crippen LogP contribution in [0, 0.1) is 6.92 Å². The Kier molecular flexibility index (Phi) is 3.96. The highest BCUT2D eigenvalue weighted by Gasteiger charge is 2.10. The van der Waals surface area contributed by atoms with E-state index in [9.17, 15) is 4.79 Å². The first kappa shape index (κ1) is 12.6. The van der Waals surface area contributed by atoms with Gasteiger partial charge in [-0.1, -0.05) is 17.4 Å². The van der Waals surface area contributed by atoms with Crippen LogP contribution in [0.2, 0.25) is 0 Å². The minimum Gasteiger partial charge on any atom is -0.390 e. The zero-order valence-corrected chi connectivity index (χ0v) is 10.6. The third-order valence-electron chi connectivity index (χ3n) is 2.18. The number of carbonyl (C=O) groups excluding carboxylic acids is 1. The van der Waals surface area contributed by atoms with Crippen molar-refractivity contribution in [2.24, 2.45) is 0 Å². The first-order valence-electron chi connectivity index (χ1n) is 5.33. The van der Waals surface area contributed by atoms with Crippen LogP contribution in [0.5, 0.6) is 0 Å². The fourth-order valence-corrected chi connectivity index (χ4v) is 1.96. The van der Waals surface area contributed by atoms with Gasteiger partial charge in [0.05, 0.1) is 24.5 Å². The van der Waals surface area contributed by atoms with Gasteiger partial charge in [-0.25, -0.2) is 0 Å². The first-order valence-corrected chi connectivity index (χ1v) is 6.14. The Morgan fingerprint density at radius 1 is 1.39 bits per heavy atom. The fourth-order valence-electron chi connectivity index (χ4n) is 1.35. The molecule has 0 fully saturated rings. The van der Waals surface area contributed by atoms with Crippen molar-refractivity contribution in [3.8, 4) is 0 Å². The molecular weight excluding hydrogens is 252 g/mol. The number of nitrogens with one attached hydrogen (secondary N) is 1. The fraction of sp³-hybridized carbons (Fsp3) is 0.273. The Morgan fingerprint density at radius 2 is 2.17 bits per heavy atom. The van der Waals surface area contributed by atoms with Crippen LogP contribution in [0.15, 0.2) is 18.2 Å². The Hall–Kier alpha value is -1.86. The van der Waals surface area contributed by atoms with E-state index in [2.05, 4.69) is 20.5 Å². The highest BCUT2D eigenvalue weighted by Crippen LogP contribution is 2.07. The molecule has 6 nitrogen and oxygen atoms in total. The zero-order chi connectivity index (χ0) is 13.0. The molecule has 0 atom stereocenters. The van der Waals surface area contributed by atoms with Gasteiger partial charge >= 0.3 is 0 Å². The number of rotatable bonds is 4. The molecule has 7 heteroatoms. The lowest BCUT2D eigenvalue weighted by atomic mass is 10.3. The topological polar surface area (TPSA) is 88.0 Å². The Balaban J connectivity index is 1.97.